The Morgan fingerprint density at radius 2 is 2.15 bits per heavy atom. The molecule has 0 bridgehead atoms. The minimum atomic E-state index is -0.571. The molecule has 0 fully saturated rings. The van der Waals surface area contributed by atoms with Crippen LogP contribution in [0.2, 0.25) is 0 Å². The van der Waals surface area contributed by atoms with E-state index in [0.29, 0.717) is 11.5 Å². The van der Waals surface area contributed by atoms with Crippen LogP contribution in [0.5, 0.6) is 0 Å². The molecule has 0 amide bonds. The van der Waals surface area contributed by atoms with Crippen LogP contribution < -0.4 is 10.6 Å². The summed E-state index contributed by atoms with van der Waals surface area (Å²) in [6.45, 7) is 2.62. The standard InChI is InChI=1S/C14H21F2N3S/c1-10(12-6-5-11(15)9-13(12)16)19-14(17-2)18-7-4-8-20-3/h5-6,9-10H,4,7-8H2,1-3H3,(H2,17,18,19). The van der Waals surface area contributed by atoms with E-state index >= 15 is 0 Å². The Morgan fingerprint density at radius 1 is 1.40 bits per heavy atom. The van der Waals surface area contributed by atoms with Crippen LogP contribution in [0, 0.1) is 11.6 Å². The second-order valence-electron chi connectivity index (χ2n) is 4.38. The summed E-state index contributed by atoms with van der Waals surface area (Å²) >= 11 is 1.79. The third-order valence-corrected chi connectivity index (χ3v) is 3.52. The molecule has 112 valence electrons. The number of benzene rings is 1. The predicted octanol–water partition coefficient (Wildman–Crippen LogP) is 2.94. The summed E-state index contributed by atoms with van der Waals surface area (Å²) in [4.78, 5) is 4.09. The lowest BCUT2D eigenvalue weighted by molar-refractivity contribution is 0.551. The number of hydrogen-bond acceptors (Lipinski definition) is 2. The van der Waals surface area contributed by atoms with Gasteiger partial charge in [-0.05, 0) is 31.4 Å². The highest BCUT2D eigenvalue weighted by Gasteiger charge is 2.12. The summed E-state index contributed by atoms with van der Waals surface area (Å²) < 4.78 is 26.5. The number of guanidine groups is 1. The molecular weight excluding hydrogens is 280 g/mol. The third-order valence-electron chi connectivity index (χ3n) is 2.82. The monoisotopic (exact) mass is 301 g/mol. The van der Waals surface area contributed by atoms with Crippen LogP contribution in [0.4, 0.5) is 8.78 Å². The zero-order chi connectivity index (χ0) is 15.0. The maximum Gasteiger partial charge on any atom is 0.191 e. The van der Waals surface area contributed by atoms with Crippen LogP contribution in [-0.2, 0) is 0 Å². The Balaban J connectivity index is 2.56. The van der Waals surface area contributed by atoms with Crippen LogP contribution in [0.25, 0.3) is 0 Å². The van der Waals surface area contributed by atoms with Gasteiger partial charge in [-0.2, -0.15) is 11.8 Å². The molecule has 1 rings (SSSR count). The van der Waals surface area contributed by atoms with Gasteiger partial charge in [0.25, 0.3) is 0 Å². The van der Waals surface area contributed by atoms with E-state index in [1.807, 2.05) is 6.92 Å². The maximum atomic E-state index is 13.7. The van der Waals surface area contributed by atoms with Crippen molar-refractivity contribution in [3.05, 3.63) is 35.4 Å². The van der Waals surface area contributed by atoms with E-state index in [9.17, 15) is 8.78 Å². The van der Waals surface area contributed by atoms with Crippen LogP contribution in [-0.4, -0.2) is 31.6 Å². The van der Waals surface area contributed by atoms with E-state index in [0.717, 1.165) is 24.8 Å². The van der Waals surface area contributed by atoms with E-state index in [1.54, 1.807) is 18.8 Å². The maximum absolute atomic E-state index is 13.7. The normalized spacial score (nSPS) is 13.2. The van der Waals surface area contributed by atoms with Crippen LogP contribution in [0.15, 0.2) is 23.2 Å². The molecule has 3 nitrogen and oxygen atoms in total. The first kappa shape index (κ1) is 16.8. The quantitative estimate of drug-likeness (QED) is 0.482. The number of aliphatic imine (C=N–C) groups is 1. The largest absolute Gasteiger partial charge is 0.356 e. The zero-order valence-electron chi connectivity index (χ0n) is 12.0. The summed E-state index contributed by atoms with van der Waals surface area (Å²) in [6, 6.07) is 3.30. The van der Waals surface area contributed by atoms with Gasteiger partial charge in [-0.15, -0.1) is 0 Å². The van der Waals surface area contributed by atoms with Crippen molar-refractivity contribution >= 4 is 17.7 Å². The summed E-state index contributed by atoms with van der Waals surface area (Å²) in [5, 5.41) is 6.25. The smallest absolute Gasteiger partial charge is 0.191 e. The molecule has 0 aromatic heterocycles. The summed E-state index contributed by atoms with van der Waals surface area (Å²) in [5.41, 5.74) is 0.415. The number of thioether (sulfide) groups is 1. The van der Waals surface area contributed by atoms with Crippen molar-refractivity contribution in [2.45, 2.75) is 19.4 Å². The van der Waals surface area contributed by atoms with E-state index in [1.165, 1.54) is 12.1 Å². The van der Waals surface area contributed by atoms with E-state index in [2.05, 4.69) is 21.9 Å². The Bertz CT molecular complexity index is 452. The minimum Gasteiger partial charge on any atom is -0.356 e. The zero-order valence-corrected chi connectivity index (χ0v) is 12.9. The highest BCUT2D eigenvalue weighted by Crippen LogP contribution is 2.17. The average Bonchev–Trinajstić information content (AvgIpc) is 2.41. The Hall–Kier alpha value is -1.30. The van der Waals surface area contributed by atoms with Gasteiger partial charge in [-0.25, -0.2) is 8.78 Å². The fourth-order valence-electron chi connectivity index (χ4n) is 1.75. The van der Waals surface area contributed by atoms with Gasteiger partial charge in [0, 0.05) is 25.2 Å². The van der Waals surface area contributed by atoms with Gasteiger partial charge in [-0.1, -0.05) is 6.07 Å². The molecule has 0 spiro atoms. The Labute approximate surface area is 123 Å². The van der Waals surface area contributed by atoms with Crippen molar-refractivity contribution in [1.29, 1.82) is 0 Å². The average molecular weight is 301 g/mol. The second-order valence-corrected chi connectivity index (χ2v) is 5.36. The first-order valence-corrected chi connectivity index (χ1v) is 7.89. The lowest BCUT2D eigenvalue weighted by Crippen LogP contribution is -2.39. The van der Waals surface area contributed by atoms with Crippen molar-refractivity contribution in [3.63, 3.8) is 0 Å². The fourth-order valence-corrected chi connectivity index (χ4v) is 2.19. The van der Waals surface area contributed by atoms with Gasteiger partial charge in [-0.3, -0.25) is 4.99 Å². The van der Waals surface area contributed by atoms with Gasteiger partial charge in [0.1, 0.15) is 11.6 Å². The van der Waals surface area contributed by atoms with Crippen molar-refractivity contribution in [1.82, 2.24) is 10.6 Å². The molecule has 1 atom stereocenters. The fraction of sp³-hybridized carbons (Fsp3) is 0.500. The second kappa shape index (κ2) is 8.79. The van der Waals surface area contributed by atoms with Crippen molar-refractivity contribution in [3.8, 4) is 0 Å². The molecule has 1 unspecified atom stereocenters. The summed E-state index contributed by atoms with van der Waals surface area (Å²) in [7, 11) is 1.66. The molecule has 0 aliphatic carbocycles. The van der Waals surface area contributed by atoms with Crippen LogP contribution >= 0.6 is 11.8 Å². The molecule has 6 heteroatoms. The first-order valence-electron chi connectivity index (χ1n) is 6.49. The summed E-state index contributed by atoms with van der Waals surface area (Å²) in [6.07, 6.45) is 3.09. The number of hydrogen-bond donors (Lipinski definition) is 2. The predicted molar refractivity (Wildman–Crippen MR) is 82.3 cm³/mol. The lowest BCUT2D eigenvalue weighted by atomic mass is 10.1. The molecule has 0 aliphatic rings. The molecule has 0 saturated carbocycles. The molecule has 20 heavy (non-hydrogen) atoms. The third kappa shape index (κ3) is 5.36. The molecule has 1 aromatic rings. The number of rotatable bonds is 6. The molecule has 0 radical (unpaired) electrons. The van der Waals surface area contributed by atoms with Crippen molar-refractivity contribution in [2.24, 2.45) is 4.99 Å². The van der Waals surface area contributed by atoms with Gasteiger partial charge in [0.05, 0.1) is 6.04 Å². The molecule has 0 saturated heterocycles. The number of nitrogens with zero attached hydrogens (tertiary/aromatic N) is 1. The Kier molecular flexibility index (Phi) is 7.36. The molecule has 0 aliphatic heterocycles. The highest BCUT2D eigenvalue weighted by molar-refractivity contribution is 7.98. The topological polar surface area (TPSA) is 36.4 Å². The van der Waals surface area contributed by atoms with E-state index < -0.39 is 11.6 Å². The first-order chi connectivity index (χ1) is 9.58. The van der Waals surface area contributed by atoms with Crippen molar-refractivity contribution in [2.75, 3.05) is 25.6 Å². The van der Waals surface area contributed by atoms with Gasteiger partial charge in [0.2, 0.25) is 0 Å². The van der Waals surface area contributed by atoms with Crippen LogP contribution in [0.1, 0.15) is 24.9 Å². The highest BCUT2D eigenvalue weighted by atomic mass is 32.2. The molecular formula is C14H21F2N3S. The Morgan fingerprint density at radius 3 is 2.75 bits per heavy atom. The lowest BCUT2D eigenvalue weighted by Gasteiger charge is -2.18. The molecule has 0 heterocycles. The summed E-state index contributed by atoms with van der Waals surface area (Å²) in [5.74, 6) is 0.565. The van der Waals surface area contributed by atoms with E-state index in [4.69, 9.17) is 0 Å². The number of halogens is 2. The van der Waals surface area contributed by atoms with Gasteiger partial charge < -0.3 is 10.6 Å². The molecule has 2 N–H and O–H groups in total. The van der Waals surface area contributed by atoms with E-state index in [-0.39, 0.29) is 6.04 Å². The van der Waals surface area contributed by atoms with Gasteiger partial charge in [0.15, 0.2) is 5.96 Å². The van der Waals surface area contributed by atoms with Gasteiger partial charge >= 0.3 is 0 Å². The number of nitrogens with one attached hydrogen (secondary N) is 2. The SMILES string of the molecule is CN=C(NCCCSC)NC(C)c1ccc(F)cc1F. The minimum absolute atomic E-state index is 0.289. The molecule has 1 aromatic carbocycles. The van der Waals surface area contributed by atoms with Crippen LogP contribution in [0.3, 0.4) is 0 Å². The van der Waals surface area contributed by atoms with Crippen molar-refractivity contribution < 1.29 is 8.78 Å².